The van der Waals surface area contributed by atoms with Gasteiger partial charge in [-0.1, -0.05) is 26.0 Å². The molecule has 0 spiro atoms. The molecule has 2 aromatic rings. The minimum absolute atomic E-state index is 0.0752. The number of hydrogen-bond acceptors (Lipinski definition) is 4. The standard InChI is InChI=1S/C24H34O4/c1-15(2)24(18-9-12-21(25-7)23(13-18)26-8)20-11-10-19(27-16(3)4)14-22(20)28-17(5)6/h9-17,24H,1-8H3. The molecule has 0 aromatic heterocycles. The van der Waals surface area contributed by atoms with Gasteiger partial charge in [-0.25, -0.2) is 0 Å². The molecule has 0 aliphatic rings. The van der Waals surface area contributed by atoms with E-state index in [0.29, 0.717) is 5.92 Å². The van der Waals surface area contributed by atoms with Gasteiger partial charge in [0.15, 0.2) is 11.5 Å². The Balaban J connectivity index is 2.55. The van der Waals surface area contributed by atoms with Crippen molar-refractivity contribution in [2.45, 2.75) is 59.7 Å². The van der Waals surface area contributed by atoms with Crippen LogP contribution in [0.25, 0.3) is 0 Å². The summed E-state index contributed by atoms with van der Waals surface area (Å²) in [5.41, 5.74) is 2.31. The van der Waals surface area contributed by atoms with Crippen molar-refractivity contribution >= 4 is 0 Å². The Morgan fingerprint density at radius 1 is 0.643 bits per heavy atom. The molecule has 0 saturated heterocycles. The van der Waals surface area contributed by atoms with Crippen molar-refractivity contribution in [2.75, 3.05) is 14.2 Å². The second kappa shape index (κ2) is 9.72. The van der Waals surface area contributed by atoms with Crippen LogP contribution < -0.4 is 18.9 Å². The summed E-state index contributed by atoms with van der Waals surface area (Å²) in [6, 6.07) is 12.3. The fraction of sp³-hybridized carbons (Fsp3) is 0.500. The third-order valence-electron chi connectivity index (χ3n) is 4.49. The molecule has 4 heteroatoms. The molecule has 4 nitrogen and oxygen atoms in total. The van der Waals surface area contributed by atoms with Gasteiger partial charge in [0.2, 0.25) is 0 Å². The van der Waals surface area contributed by atoms with Crippen LogP contribution >= 0.6 is 0 Å². The maximum Gasteiger partial charge on any atom is 0.161 e. The zero-order valence-corrected chi connectivity index (χ0v) is 18.4. The van der Waals surface area contributed by atoms with E-state index in [2.05, 4.69) is 32.0 Å². The molecule has 0 fully saturated rings. The predicted octanol–water partition coefficient (Wildman–Crippen LogP) is 6.07. The lowest BCUT2D eigenvalue weighted by atomic mass is 9.82. The van der Waals surface area contributed by atoms with Crippen molar-refractivity contribution in [2.24, 2.45) is 5.92 Å². The first-order chi connectivity index (χ1) is 13.3. The number of rotatable bonds is 9. The smallest absolute Gasteiger partial charge is 0.161 e. The third kappa shape index (κ3) is 5.34. The van der Waals surface area contributed by atoms with E-state index in [9.17, 15) is 0 Å². The van der Waals surface area contributed by atoms with Gasteiger partial charge in [0.05, 0.1) is 26.4 Å². The van der Waals surface area contributed by atoms with E-state index in [1.54, 1.807) is 14.2 Å². The second-order valence-electron chi connectivity index (χ2n) is 7.87. The first-order valence-electron chi connectivity index (χ1n) is 9.96. The molecular weight excluding hydrogens is 352 g/mol. The van der Waals surface area contributed by atoms with Crippen LogP contribution in [-0.4, -0.2) is 26.4 Å². The molecule has 0 bridgehead atoms. The number of hydrogen-bond donors (Lipinski definition) is 0. The Labute approximate surface area is 169 Å². The van der Waals surface area contributed by atoms with Gasteiger partial charge in [-0.3, -0.25) is 0 Å². The van der Waals surface area contributed by atoms with Gasteiger partial charge in [-0.2, -0.15) is 0 Å². The van der Waals surface area contributed by atoms with Gasteiger partial charge < -0.3 is 18.9 Å². The second-order valence-corrected chi connectivity index (χ2v) is 7.87. The zero-order valence-electron chi connectivity index (χ0n) is 18.4. The van der Waals surface area contributed by atoms with Gasteiger partial charge in [-0.15, -0.1) is 0 Å². The van der Waals surface area contributed by atoms with Crippen LogP contribution in [0.4, 0.5) is 0 Å². The molecule has 28 heavy (non-hydrogen) atoms. The predicted molar refractivity (Wildman–Crippen MR) is 114 cm³/mol. The minimum Gasteiger partial charge on any atom is -0.493 e. The quantitative estimate of drug-likeness (QED) is 0.524. The topological polar surface area (TPSA) is 36.9 Å². The van der Waals surface area contributed by atoms with Crippen molar-refractivity contribution in [3.05, 3.63) is 47.5 Å². The summed E-state index contributed by atoms with van der Waals surface area (Å²) in [6.07, 6.45) is 0.191. The maximum atomic E-state index is 6.19. The average molecular weight is 387 g/mol. The Hall–Kier alpha value is -2.36. The first-order valence-corrected chi connectivity index (χ1v) is 9.96. The van der Waals surface area contributed by atoms with Crippen molar-refractivity contribution in [3.63, 3.8) is 0 Å². The largest absolute Gasteiger partial charge is 0.493 e. The van der Waals surface area contributed by atoms with Crippen LogP contribution in [0, 0.1) is 5.92 Å². The van der Waals surface area contributed by atoms with Crippen LogP contribution in [0.1, 0.15) is 58.6 Å². The van der Waals surface area contributed by atoms with Crippen LogP contribution in [0.5, 0.6) is 23.0 Å². The Kier molecular flexibility index (Phi) is 7.61. The molecule has 0 amide bonds. The molecule has 0 aliphatic carbocycles. The first kappa shape index (κ1) is 21.9. The van der Waals surface area contributed by atoms with Gasteiger partial charge in [0.25, 0.3) is 0 Å². The highest BCUT2D eigenvalue weighted by Gasteiger charge is 2.24. The highest BCUT2D eigenvalue weighted by atomic mass is 16.5. The van der Waals surface area contributed by atoms with E-state index < -0.39 is 0 Å². The van der Waals surface area contributed by atoms with Crippen LogP contribution in [-0.2, 0) is 0 Å². The van der Waals surface area contributed by atoms with Crippen molar-refractivity contribution in [1.29, 1.82) is 0 Å². The summed E-state index contributed by atoms with van der Waals surface area (Å²) in [6.45, 7) is 12.6. The average Bonchev–Trinajstić information content (AvgIpc) is 2.62. The van der Waals surface area contributed by atoms with Gasteiger partial charge in [0, 0.05) is 17.5 Å². The fourth-order valence-corrected chi connectivity index (χ4v) is 3.44. The maximum absolute atomic E-state index is 6.19. The zero-order chi connectivity index (χ0) is 20.8. The van der Waals surface area contributed by atoms with E-state index in [1.807, 2.05) is 45.9 Å². The molecule has 0 saturated carbocycles. The number of ether oxygens (including phenoxy) is 4. The van der Waals surface area contributed by atoms with Crippen LogP contribution in [0.3, 0.4) is 0 Å². The Bertz CT molecular complexity index is 765. The van der Waals surface area contributed by atoms with Crippen LogP contribution in [0.15, 0.2) is 36.4 Å². The molecule has 0 heterocycles. The number of benzene rings is 2. The molecule has 1 atom stereocenters. The van der Waals surface area contributed by atoms with Crippen molar-refractivity contribution in [1.82, 2.24) is 0 Å². The summed E-state index contributed by atoms with van der Waals surface area (Å²) in [5, 5.41) is 0. The molecule has 0 radical (unpaired) electrons. The number of methoxy groups -OCH3 is 2. The lowest BCUT2D eigenvalue weighted by molar-refractivity contribution is 0.226. The third-order valence-corrected chi connectivity index (χ3v) is 4.49. The normalized spacial score (nSPS) is 12.4. The SMILES string of the molecule is COc1ccc(C(c2ccc(OC(C)C)cc2OC(C)C)C(C)C)cc1OC. The fourth-order valence-electron chi connectivity index (χ4n) is 3.44. The highest BCUT2D eigenvalue weighted by molar-refractivity contribution is 5.50. The molecular formula is C24H34O4. The summed E-state index contributed by atoms with van der Waals surface area (Å²) in [5.74, 6) is 3.67. The van der Waals surface area contributed by atoms with E-state index >= 15 is 0 Å². The summed E-state index contributed by atoms with van der Waals surface area (Å²) in [7, 11) is 3.32. The lowest BCUT2D eigenvalue weighted by Gasteiger charge is -2.26. The van der Waals surface area contributed by atoms with Crippen LogP contribution in [0.2, 0.25) is 0 Å². The van der Waals surface area contributed by atoms with Crippen molar-refractivity contribution < 1.29 is 18.9 Å². The molecule has 1 unspecified atom stereocenters. The Morgan fingerprint density at radius 2 is 1.29 bits per heavy atom. The molecule has 0 aliphatic heterocycles. The highest BCUT2D eigenvalue weighted by Crippen LogP contribution is 2.42. The van der Waals surface area contributed by atoms with E-state index in [0.717, 1.165) is 28.6 Å². The van der Waals surface area contributed by atoms with Gasteiger partial charge in [-0.05, 0) is 57.4 Å². The summed E-state index contributed by atoms with van der Waals surface area (Å²) >= 11 is 0. The Morgan fingerprint density at radius 3 is 1.82 bits per heavy atom. The van der Waals surface area contributed by atoms with Gasteiger partial charge >= 0.3 is 0 Å². The van der Waals surface area contributed by atoms with E-state index in [4.69, 9.17) is 18.9 Å². The molecule has 2 rings (SSSR count). The van der Waals surface area contributed by atoms with E-state index in [-0.39, 0.29) is 18.1 Å². The lowest BCUT2D eigenvalue weighted by Crippen LogP contribution is -2.14. The molecule has 0 N–H and O–H groups in total. The molecule has 2 aromatic carbocycles. The molecule has 154 valence electrons. The van der Waals surface area contributed by atoms with Crippen molar-refractivity contribution in [3.8, 4) is 23.0 Å². The monoisotopic (exact) mass is 386 g/mol. The minimum atomic E-state index is 0.0752. The summed E-state index contributed by atoms with van der Waals surface area (Å²) in [4.78, 5) is 0. The van der Waals surface area contributed by atoms with E-state index in [1.165, 1.54) is 5.56 Å². The van der Waals surface area contributed by atoms with Gasteiger partial charge in [0.1, 0.15) is 11.5 Å². The summed E-state index contributed by atoms with van der Waals surface area (Å²) < 4.78 is 23.0.